The van der Waals surface area contributed by atoms with Crippen LogP contribution in [0.2, 0.25) is 0 Å². The zero-order valence-electron chi connectivity index (χ0n) is 9.01. The van der Waals surface area contributed by atoms with E-state index in [1.54, 1.807) is 0 Å². The predicted molar refractivity (Wildman–Crippen MR) is 55.1 cm³/mol. The van der Waals surface area contributed by atoms with Crippen molar-refractivity contribution in [2.75, 3.05) is 26.2 Å². The monoisotopic (exact) mass is 200 g/mol. The Labute approximate surface area is 85.4 Å². The molecule has 1 fully saturated rings. The summed E-state index contributed by atoms with van der Waals surface area (Å²) in [6.45, 7) is 7.26. The second-order valence-electron chi connectivity index (χ2n) is 3.70. The Morgan fingerprint density at radius 3 is 2.86 bits per heavy atom. The minimum absolute atomic E-state index is 0.0351. The van der Waals surface area contributed by atoms with Gasteiger partial charge in [-0.25, -0.2) is 0 Å². The molecule has 0 aromatic rings. The molecule has 2 N–H and O–H groups in total. The highest BCUT2D eigenvalue weighted by Gasteiger charge is 2.30. The first kappa shape index (κ1) is 11.5. The molecule has 0 aromatic heterocycles. The van der Waals surface area contributed by atoms with Gasteiger partial charge < -0.3 is 15.4 Å². The van der Waals surface area contributed by atoms with Crippen LogP contribution in [-0.4, -0.2) is 38.3 Å². The quantitative estimate of drug-likeness (QED) is 0.621. The Morgan fingerprint density at radius 2 is 2.29 bits per heavy atom. The van der Waals surface area contributed by atoms with Crippen molar-refractivity contribution in [3.63, 3.8) is 0 Å². The molecular weight excluding hydrogens is 180 g/mol. The van der Waals surface area contributed by atoms with Crippen molar-refractivity contribution in [2.45, 2.75) is 26.4 Å². The number of ether oxygens (including phenoxy) is 1. The van der Waals surface area contributed by atoms with Gasteiger partial charge in [0, 0.05) is 19.7 Å². The van der Waals surface area contributed by atoms with Gasteiger partial charge in [0.2, 0.25) is 5.91 Å². The maximum Gasteiger partial charge on any atom is 0.249 e. The summed E-state index contributed by atoms with van der Waals surface area (Å²) in [7, 11) is 0. The van der Waals surface area contributed by atoms with E-state index in [0.29, 0.717) is 19.1 Å². The summed E-state index contributed by atoms with van der Waals surface area (Å²) < 4.78 is 5.35. The zero-order chi connectivity index (χ0) is 10.4. The molecule has 0 bridgehead atoms. The SMILES string of the molecule is CCNCCNC(=O)C1OCCC1C. The number of carbonyl (C=O) groups is 1. The van der Waals surface area contributed by atoms with Gasteiger partial charge in [0.15, 0.2) is 0 Å². The van der Waals surface area contributed by atoms with E-state index in [1.165, 1.54) is 0 Å². The summed E-state index contributed by atoms with van der Waals surface area (Å²) in [6, 6.07) is 0. The van der Waals surface area contributed by atoms with Gasteiger partial charge in [-0.2, -0.15) is 0 Å². The van der Waals surface area contributed by atoms with Crippen LogP contribution in [0.3, 0.4) is 0 Å². The van der Waals surface area contributed by atoms with E-state index in [0.717, 1.165) is 19.5 Å². The fourth-order valence-electron chi connectivity index (χ4n) is 1.58. The first-order valence-corrected chi connectivity index (χ1v) is 5.35. The molecule has 2 unspecified atom stereocenters. The van der Waals surface area contributed by atoms with Crippen LogP contribution >= 0.6 is 0 Å². The first-order chi connectivity index (χ1) is 6.75. The Morgan fingerprint density at radius 1 is 1.50 bits per heavy atom. The number of likely N-dealkylation sites (N-methyl/N-ethyl adjacent to an activating group) is 1. The van der Waals surface area contributed by atoms with E-state index in [1.807, 2.05) is 6.92 Å². The van der Waals surface area contributed by atoms with Crippen molar-refractivity contribution >= 4 is 5.91 Å². The van der Waals surface area contributed by atoms with E-state index in [4.69, 9.17) is 4.74 Å². The summed E-state index contributed by atoms with van der Waals surface area (Å²) in [5.74, 6) is 0.391. The lowest BCUT2D eigenvalue weighted by molar-refractivity contribution is -0.131. The number of hydrogen-bond donors (Lipinski definition) is 2. The molecule has 82 valence electrons. The van der Waals surface area contributed by atoms with Gasteiger partial charge in [-0.1, -0.05) is 13.8 Å². The molecule has 1 heterocycles. The molecule has 14 heavy (non-hydrogen) atoms. The van der Waals surface area contributed by atoms with Crippen LogP contribution in [0.1, 0.15) is 20.3 Å². The van der Waals surface area contributed by atoms with Crippen LogP contribution in [0.25, 0.3) is 0 Å². The van der Waals surface area contributed by atoms with Crippen molar-refractivity contribution in [3.05, 3.63) is 0 Å². The summed E-state index contributed by atoms with van der Waals surface area (Å²) in [5, 5.41) is 6.01. The van der Waals surface area contributed by atoms with Crippen molar-refractivity contribution in [1.82, 2.24) is 10.6 Å². The maximum atomic E-state index is 11.6. The maximum absolute atomic E-state index is 11.6. The highest BCUT2D eigenvalue weighted by Crippen LogP contribution is 2.19. The fraction of sp³-hybridized carbons (Fsp3) is 0.900. The summed E-state index contributed by atoms with van der Waals surface area (Å²) >= 11 is 0. The van der Waals surface area contributed by atoms with Crippen LogP contribution in [0.15, 0.2) is 0 Å². The highest BCUT2D eigenvalue weighted by atomic mass is 16.5. The molecule has 4 nitrogen and oxygen atoms in total. The fourth-order valence-corrected chi connectivity index (χ4v) is 1.58. The van der Waals surface area contributed by atoms with E-state index < -0.39 is 0 Å². The van der Waals surface area contributed by atoms with Crippen molar-refractivity contribution in [1.29, 1.82) is 0 Å². The van der Waals surface area contributed by atoms with E-state index >= 15 is 0 Å². The number of amides is 1. The third-order valence-electron chi connectivity index (χ3n) is 2.50. The van der Waals surface area contributed by atoms with Gasteiger partial charge >= 0.3 is 0 Å². The molecular formula is C10H20N2O2. The van der Waals surface area contributed by atoms with Crippen molar-refractivity contribution in [2.24, 2.45) is 5.92 Å². The third kappa shape index (κ3) is 3.27. The van der Waals surface area contributed by atoms with Crippen LogP contribution in [-0.2, 0) is 9.53 Å². The van der Waals surface area contributed by atoms with Crippen molar-refractivity contribution < 1.29 is 9.53 Å². The standard InChI is InChI=1S/C10H20N2O2/c1-3-11-5-6-12-10(13)9-8(2)4-7-14-9/h8-9,11H,3-7H2,1-2H3,(H,12,13). The van der Waals surface area contributed by atoms with Crippen LogP contribution in [0.5, 0.6) is 0 Å². The largest absolute Gasteiger partial charge is 0.368 e. The minimum Gasteiger partial charge on any atom is -0.368 e. The molecule has 1 aliphatic rings. The van der Waals surface area contributed by atoms with E-state index in [9.17, 15) is 4.79 Å². The molecule has 0 aliphatic carbocycles. The molecule has 0 aromatic carbocycles. The van der Waals surface area contributed by atoms with Gasteiger partial charge in [-0.15, -0.1) is 0 Å². The highest BCUT2D eigenvalue weighted by molar-refractivity contribution is 5.81. The summed E-state index contributed by atoms with van der Waals surface area (Å²) in [4.78, 5) is 11.6. The molecule has 1 amide bonds. The molecule has 1 aliphatic heterocycles. The van der Waals surface area contributed by atoms with Crippen LogP contribution in [0, 0.1) is 5.92 Å². The lowest BCUT2D eigenvalue weighted by Gasteiger charge is -2.14. The number of rotatable bonds is 5. The molecule has 1 saturated heterocycles. The topological polar surface area (TPSA) is 50.4 Å². The molecule has 2 atom stereocenters. The Balaban J connectivity index is 2.14. The molecule has 4 heteroatoms. The Hall–Kier alpha value is -0.610. The normalized spacial score (nSPS) is 26.4. The second kappa shape index (κ2) is 5.98. The smallest absolute Gasteiger partial charge is 0.249 e. The van der Waals surface area contributed by atoms with E-state index in [-0.39, 0.29) is 12.0 Å². The lowest BCUT2D eigenvalue weighted by atomic mass is 10.0. The van der Waals surface area contributed by atoms with Crippen LogP contribution in [0.4, 0.5) is 0 Å². The molecule has 0 radical (unpaired) electrons. The zero-order valence-corrected chi connectivity index (χ0v) is 9.01. The average Bonchev–Trinajstić information content (AvgIpc) is 2.59. The first-order valence-electron chi connectivity index (χ1n) is 5.35. The van der Waals surface area contributed by atoms with Crippen molar-refractivity contribution in [3.8, 4) is 0 Å². The Bertz CT molecular complexity index is 185. The van der Waals surface area contributed by atoms with Gasteiger partial charge in [-0.3, -0.25) is 4.79 Å². The molecule has 0 saturated carbocycles. The van der Waals surface area contributed by atoms with Gasteiger partial charge in [0.05, 0.1) is 0 Å². The van der Waals surface area contributed by atoms with Gasteiger partial charge in [0.1, 0.15) is 6.10 Å². The van der Waals surface area contributed by atoms with Gasteiger partial charge in [-0.05, 0) is 18.9 Å². The summed E-state index contributed by atoms with van der Waals surface area (Å²) in [6.07, 6.45) is 0.766. The predicted octanol–water partition coefficient (Wildman–Crippen LogP) is 0.137. The average molecular weight is 200 g/mol. The summed E-state index contributed by atoms with van der Waals surface area (Å²) in [5.41, 5.74) is 0. The number of nitrogens with one attached hydrogen (secondary N) is 2. The van der Waals surface area contributed by atoms with Gasteiger partial charge in [0.25, 0.3) is 0 Å². The van der Waals surface area contributed by atoms with Crippen LogP contribution < -0.4 is 10.6 Å². The second-order valence-corrected chi connectivity index (χ2v) is 3.70. The number of carbonyl (C=O) groups excluding carboxylic acids is 1. The minimum atomic E-state index is -0.225. The van der Waals surface area contributed by atoms with E-state index in [2.05, 4.69) is 17.6 Å². The number of hydrogen-bond acceptors (Lipinski definition) is 3. The Kier molecular flexibility index (Phi) is 4.90. The molecule has 0 spiro atoms. The molecule has 1 rings (SSSR count). The lowest BCUT2D eigenvalue weighted by Crippen LogP contribution is -2.40. The third-order valence-corrected chi connectivity index (χ3v) is 2.50.